The highest BCUT2D eigenvalue weighted by Crippen LogP contribution is 2.26. The van der Waals surface area contributed by atoms with E-state index in [0.29, 0.717) is 23.7 Å². The minimum Gasteiger partial charge on any atom is -0.468 e. The molecule has 0 bridgehead atoms. The van der Waals surface area contributed by atoms with Crippen LogP contribution in [-0.4, -0.2) is 40.2 Å². The molecule has 0 spiro atoms. The van der Waals surface area contributed by atoms with E-state index in [0.717, 1.165) is 24.5 Å². The van der Waals surface area contributed by atoms with Crippen LogP contribution < -0.4 is 5.32 Å². The molecule has 0 unspecified atom stereocenters. The normalized spacial score (nSPS) is 15.2. The Morgan fingerprint density at radius 1 is 1.00 bits per heavy atom. The fraction of sp³-hybridized carbons (Fsp3) is 0.250. The summed E-state index contributed by atoms with van der Waals surface area (Å²) in [6.07, 6.45) is 5.61. The van der Waals surface area contributed by atoms with Gasteiger partial charge in [-0.2, -0.15) is 5.10 Å². The van der Waals surface area contributed by atoms with E-state index in [9.17, 15) is 4.79 Å². The monoisotopic (exact) mass is 416 g/mol. The second-order valence-corrected chi connectivity index (χ2v) is 7.62. The summed E-state index contributed by atoms with van der Waals surface area (Å²) in [6.45, 7) is 2.47. The Morgan fingerprint density at radius 3 is 2.48 bits per heavy atom. The molecule has 158 valence electrons. The number of carbonyl (C=O) groups is 1. The van der Waals surface area contributed by atoms with Crippen LogP contribution in [0.15, 0.2) is 82.0 Å². The number of hydrogen-bond acceptors (Lipinski definition) is 5. The molecule has 1 fully saturated rings. The van der Waals surface area contributed by atoms with Gasteiger partial charge >= 0.3 is 0 Å². The Balaban J connectivity index is 1.41. The first kappa shape index (κ1) is 19.4. The van der Waals surface area contributed by atoms with Crippen LogP contribution in [0, 0.1) is 0 Å². The zero-order valence-corrected chi connectivity index (χ0v) is 17.1. The van der Waals surface area contributed by atoms with Crippen molar-refractivity contribution in [2.24, 2.45) is 0 Å². The highest BCUT2D eigenvalue weighted by molar-refractivity contribution is 5.94. The lowest BCUT2D eigenvalue weighted by Crippen LogP contribution is -2.37. The number of benzene rings is 1. The third-order valence-electron chi connectivity index (χ3n) is 5.63. The summed E-state index contributed by atoms with van der Waals surface area (Å²) in [4.78, 5) is 15.6. The van der Waals surface area contributed by atoms with Crippen molar-refractivity contribution in [3.63, 3.8) is 0 Å². The SMILES string of the molecule is O=C(NC[C@@H](c1ccco1)N1CCCC1)c1cc(-c2ccco2)nn1-c1ccccc1. The molecule has 31 heavy (non-hydrogen) atoms. The topological polar surface area (TPSA) is 76.4 Å². The highest BCUT2D eigenvalue weighted by atomic mass is 16.3. The van der Waals surface area contributed by atoms with Gasteiger partial charge in [-0.15, -0.1) is 0 Å². The van der Waals surface area contributed by atoms with E-state index in [2.05, 4.69) is 15.3 Å². The van der Waals surface area contributed by atoms with Crippen LogP contribution >= 0.6 is 0 Å². The van der Waals surface area contributed by atoms with Gasteiger partial charge in [0.15, 0.2) is 5.76 Å². The van der Waals surface area contributed by atoms with Gasteiger partial charge in [0, 0.05) is 12.6 Å². The number of nitrogens with zero attached hydrogens (tertiary/aromatic N) is 3. The zero-order chi connectivity index (χ0) is 21.0. The van der Waals surface area contributed by atoms with Gasteiger partial charge in [-0.3, -0.25) is 9.69 Å². The number of nitrogens with one attached hydrogen (secondary N) is 1. The summed E-state index contributed by atoms with van der Waals surface area (Å²) in [6, 6.07) is 18.9. The highest BCUT2D eigenvalue weighted by Gasteiger charge is 2.27. The van der Waals surface area contributed by atoms with Crippen LogP contribution in [0.5, 0.6) is 0 Å². The zero-order valence-electron chi connectivity index (χ0n) is 17.1. The third kappa shape index (κ3) is 4.04. The van der Waals surface area contributed by atoms with Crippen LogP contribution in [-0.2, 0) is 0 Å². The third-order valence-corrected chi connectivity index (χ3v) is 5.63. The first-order valence-corrected chi connectivity index (χ1v) is 10.5. The summed E-state index contributed by atoms with van der Waals surface area (Å²) < 4.78 is 12.8. The van der Waals surface area contributed by atoms with Crippen molar-refractivity contribution in [3.8, 4) is 17.1 Å². The van der Waals surface area contributed by atoms with Crippen molar-refractivity contribution in [1.82, 2.24) is 20.0 Å². The molecule has 4 aromatic rings. The maximum atomic E-state index is 13.3. The van der Waals surface area contributed by atoms with Crippen molar-refractivity contribution < 1.29 is 13.6 Å². The smallest absolute Gasteiger partial charge is 0.270 e. The number of para-hydroxylation sites is 1. The van der Waals surface area contributed by atoms with Gasteiger partial charge in [0.25, 0.3) is 5.91 Å². The Kier molecular flexibility index (Phi) is 5.41. The van der Waals surface area contributed by atoms with Gasteiger partial charge in [-0.1, -0.05) is 18.2 Å². The largest absolute Gasteiger partial charge is 0.468 e. The molecule has 0 radical (unpaired) electrons. The molecule has 5 rings (SSSR count). The van der Waals surface area contributed by atoms with Crippen molar-refractivity contribution in [2.75, 3.05) is 19.6 Å². The molecule has 7 nitrogen and oxygen atoms in total. The first-order chi connectivity index (χ1) is 15.3. The van der Waals surface area contributed by atoms with Gasteiger partial charge in [-0.05, 0) is 62.3 Å². The van der Waals surface area contributed by atoms with Crippen LogP contribution in [0.1, 0.15) is 35.1 Å². The first-order valence-electron chi connectivity index (χ1n) is 10.5. The molecule has 3 aromatic heterocycles. The lowest BCUT2D eigenvalue weighted by atomic mass is 10.2. The van der Waals surface area contributed by atoms with E-state index < -0.39 is 0 Å². The van der Waals surface area contributed by atoms with Crippen LogP contribution in [0.25, 0.3) is 17.1 Å². The Labute approximate surface area is 180 Å². The summed E-state index contributed by atoms with van der Waals surface area (Å²) in [5, 5.41) is 7.73. The molecule has 1 aliphatic rings. The minimum atomic E-state index is -0.190. The number of carbonyl (C=O) groups excluding carboxylic acids is 1. The van der Waals surface area contributed by atoms with Gasteiger partial charge < -0.3 is 14.2 Å². The van der Waals surface area contributed by atoms with Crippen molar-refractivity contribution in [2.45, 2.75) is 18.9 Å². The molecule has 1 N–H and O–H groups in total. The lowest BCUT2D eigenvalue weighted by Gasteiger charge is -2.26. The molecule has 1 amide bonds. The average Bonchev–Trinajstić information content (AvgIpc) is 3.61. The molecule has 1 aliphatic heterocycles. The van der Waals surface area contributed by atoms with E-state index >= 15 is 0 Å². The standard InChI is InChI=1S/C24H24N4O3/c29-24(25-17-21(23-11-7-15-31-23)27-12-4-5-13-27)20-16-19(22-10-6-14-30-22)26-28(20)18-8-2-1-3-9-18/h1-3,6-11,14-16,21H,4-5,12-13,17H2,(H,25,29)/t21-/m0/s1. The molecular weight excluding hydrogens is 392 g/mol. The summed E-state index contributed by atoms with van der Waals surface area (Å²) >= 11 is 0. The predicted molar refractivity (Wildman–Crippen MR) is 116 cm³/mol. The Hall–Kier alpha value is -3.58. The lowest BCUT2D eigenvalue weighted by molar-refractivity contribution is 0.0926. The van der Waals surface area contributed by atoms with E-state index in [1.54, 1.807) is 29.3 Å². The van der Waals surface area contributed by atoms with Gasteiger partial charge in [0.05, 0.1) is 24.3 Å². The van der Waals surface area contributed by atoms with Gasteiger partial charge in [0.1, 0.15) is 17.1 Å². The maximum Gasteiger partial charge on any atom is 0.270 e. The van der Waals surface area contributed by atoms with Crippen molar-refractivity contribution in [3.05, 3.63) is 84.6 Å². The second-order valence-electron chi connectivity index (χ2n) is 7.62. The molecule has 1 aromatic carbocycles. The maximum absolute atomic E-state index is 13.3. The number of furan rings is 2. The fourth-order valence-corrected chi connectivity index (χ4v) is 4.08. The Bertz CT molecular complexity index is 1110. The fourth-order valence-electron chi connectivity index (χ4n) is 4.08. The van der Waals surface area contributed by atoms with E-state index in [-0.39, 0.29) is 11.9 Å². The molecule has 1 atom stereocenters. The number of rotatable bonds is 7. The van der Waals surface area contributed by atoms with E-state index in [4.69, 9.17) is 8.83 Å². The summed E-state index contributed by atoms with van der Waals surface area (Å²) in [5.41, 5.74) is 1.88. The van der Waals surface area contributed by atoms with Gasteiger partial charge in [0.2, 0.25) is 0 Å². The number of likely N-dealkylation sites (tertiary alicyclic amines) is 1. The molecule has 1 saturated heterocycles. The van der Waals surface area contributed by atoms with Crippen molar-refractivity contribution in [1.29, 1.82) is 0 Å². The van der Waals surface area contributed by atoms with Crippen LogP contribution in [0.4, 0.5) is 0 Å². The summed E-state index contributed by atoms with van der Waals surface area (Å²) in [7, 11) is 0. The molecule has 0 aliphatic carbocycles. The van der Waals surface area contributed by atoms with Crippen LogP contribution in [0.3, 0.4) is 0 Å². The Morgan fingerprint density at radius 2 is 1.77 bits per heavy atom. The molecule has 4 heterocycles. The van der Waals surface area contributed by atoms with Crippen molar-refractivity contribution >= 4 is 5.91 Å². The van der Waals surface area contributed by atoms with E-state index in [1.165, 1.54) is 12.8 Å². The van der Waals surface area contributed by atoms with Gasteiger partial charge in [-0.25, -0.2) is 4.68 Å². The number of amides is 1. The average molecular weight is 416 g/mol. The second kappa shape index (κ2) is 8.65. The van der Waals surface area contributed by atoms with Crippen LogP contribution in [0.2, 0.25) is 0 Å². The number of aromatic nitrogens is 2. The minimum absolute atomic E-state index is 0.0130. The molecule has 7 heteroatoms. The summed E-state index contributed by atoms with van der Waals surface area (Å²) in [5.74, 6) is 1.30. The molecule has 0 saturated carbocycles. The molecular formula is C24H24N4O3. The quantitative estimate of drug-likeness (QED) is 0.486. The van der Waals surface area contributed by atoms with E-state index in [1.807, 2.05) is 48.5 Å². The predicted octanol–water partition coefficient (Wildman–Crippen LogP) is 4.29. The number of hydrogen-bond donors (Lipinski definition) is 1.